The van der Waals surface area contributed by atoms with Gasteiger partial charge in [-0.1, -0.05) is 24.8 Å². The van der Waals surface area contributed by atoms with Gasteiger partial charge in [-0.15, -0.1) is 0 Å². The number of hydrogen-bond acceptors (Lipinski definition) is 4. The van der Waals surface area contributed by atoms with Crippen LogP contribution in [0.15, 0.2) is 48.2 Å². The molecule has 0 radical (unpaired) electrons. The van der Waals surface area contributed by atoms with Gasteiger partial charge in [-0.2, -0.15) is 0 Å². The van der Waals surface area contributed by atoms with Gasteiger partial charge < -0.3 is 20.1 Å². The Labute approximate surface area is 141 Å². The standard InChI is InChI=1S/C17H20N2O3S/c1-4-10-22-13-8-6-12(7-9-13)15-14(16(20)21-5-2)11(3)18-17(23)19-15/h4,6-9,15H,1,5,10H2,2-3H3,(H2,18,19,23)/t15-/m1/s1. The van der Waals surface area contributed by atoms with Crippen LogP contribution in [-0.4, -0.2) is 24.3 Å². The summed E-state index contributed by atoms with van der Waals surface area (Å²) in [4.78, 5) is 12.3. The Bertz CT molecular complexity index is 638. The number of carbonyl (C=O) groups excluding carboxylic acids is 1. The first-order chi connectivity index (χ1) is 11.1. The van der Waals surface area contributed by atoms with Crippen LogP contribution in [0.3, 0.4) is 0 Å². The molecule has 5 nitrogen and oxygen atoms in total. The number of nitrogens with one attached hydrogen (secondary N) is 2. The fourth-order valence-corrected chi connectivity index (χ4v) is 2.61. The van der Waals surface area contributed by atoms with Crippen LogP contribution in [0, 0.1) is 0 Å². The number of benzene rings is 1. The van der Waals surface area contributed by atoms with Crippen LogP contribution >= 0.6 is 12.2 Å². The molecule has 122 valence electrons. The number of hydrogen-bond donors (Lipinski definition) is 2. The molecule has 1 aromatic carbocycles. The lowest BCUT2D eigenvalue weighted by molar-refractivity contribution is -0.139. The molecule has 0 bridgehead atoms. The average Bonchev–Trinajstić information content (AvgIpc) is 2.52. The van der Waals surface area contributed by atoms with Crippen LogP contribution < -0.4 is 15.4 Å². The topological polar surface area (TPSA) is 59.6 Å². The molecule has 1 aliphatic heterocycles. The fraction of sp³-hybridized carbons (Fsp3) is 0.294. The lowest BCUT2D eigenvalue weighted by atomic mass is 9.95. The summed E-state index contributed by atoms with van der Waals surface area (Å²) in [5.41, 5.74) is 2.13. The van der Waals surface area contributed by atoms with Crippen LogP contribution in [0.25, 0.3) is 0 Å². The summed E-state index contributed by atoms with van der Waals surface area (Å²) >= 11 is 5.20. The lowest BCUT2D eigenvalue weighted by Gasteiger charge is -2.29. The van der Waals surface area contributed by atoms with Crippen LogP contribution in [0.5, 0.6) is 5.75 Å². The van der Waals surface area contributed by atoms with Crippen molar-refractivity contribution < 1.29 is 14.3 Å². The highest BCUT2D eigenvalue weighted by atomic mass is 32.1. The molecule has 1 aliphatic rings. The molecule has 0 aliphatic carbocycles. The van der Waals surface area contributed by atoms with E-state index in [1.54, 1.807) is 13.0 Å². The van der Waals surface area contributed by atoms with Gasteiger partial charge in [-0.05, 0) is 43.8 Å². The monoisotopic (exact) mass is 332 g/mol. The van der Waals surface area contributed by atoms with Gasteiger partial charge in [0.2, 0.25) is 0 Å². The normalized spacial score (nSPS) is 17.1. The molecule has 0 saturated carbocycles. The molecule has 0 spiro atoms. The highest BCUT2D eigenvalue weighted by molar-refractivity contribution is 7.80. The molecular weight excluding hydrogens is 312 g/mol. The van der Waals surface area contributed by atoms with E-state index >= 15 is 0 Å². The molecule has 2 N–H and O–H groups in total. The Morgan fingerprint density at radius 1 is 1.39 bits per heavy atom. The van der Waals surface area contributed by atoms with Crippen molar-refractivity contribution in [2.75, 3.05) is 13.2 Å². The Hall–Kier alpha value is -2.34. The zero-order valence-corrected chi connectivity index (χ0v) is 14.0. The van der Waals surface area contributed by atoms with E-state index < -0.39 is 0 Å². The van der Waals surface area contributed by atoms with Crippen LogP contribution in [0.1, 0.15) is 25.5 Å². The van der Waals surface area contributed by atoms with Crippen molar-refractivity contribution in [1.82, 2.24) is 10.6 Å². The van der Waals surface area contributed by atoms with Crippen LogP contribution in [0.2, 0.25) is 0 Å². The van der Waals surface area contributed by atoms with E-state index in [0.717, 1.165) is 11.3 Å². The number of esters is 1. The van der Waals surface area contributed by atoms with Crippen molar-refractivity contribution in [2.24, 2.45) is 0 Å². The van der Waals surface area contributed by atoms with Gasteiger partial charge in [-0.3, -0.25) is 0 Å². The maximum absolute atomic E-state index is 12.3. The molecule has 0 fully saturated rings. The molecule has 0 saturated heterocycles. The Balaban J connectivity index is 2.30. The number of allylic oxidation sites excluding steroid dienone is 1. The van der Waals surface area contributed by atoms with E-state index in [-0.39, 0.29) is 12.0 Å². The minimum atomic E-state index is -0.357. The molecule has 1 atom stereocenters. The second kappa shape index (κ2) is 7.78. The van der Waals surface area contributed by atoms with Crippen LogP contribution in [0.4, 0.5) is 0 Å². The van der Waals surface area contributed by atoms with Crippen molar-refractivity contribution in [2.45, 2.75) is 19.9 Å². The molecule has 0 aromatic heterocycles. The predicted molar refractivity (Wildman–Crippen MR) is 93.1 cm³/mol. The summed E-state index contributed by atoms with van der Waals surface area (Å²) in [5.74, 6) is 0.382. The van der Waals surface area contributed by atoms with Gasteiger partial charge in [0.05, 0.1) is 18.2 Å². The summed E-state index contributed by atoms with van der Waals surface area (Å²) in [5, 5.41) is 6.57. The SMILES string of the molecule is C=CCOc1ccc([C@H]2NC(=S)NC(C)=C2C(=O)OCC)cc1. The van der Waals surface area contributed by atoms with Crippen molar-refractivity contribution in [3.63, 3.8) is 0 Å². The quantitative estimate of drug-likeness (QED) is 0.474. The maximum Gasteiger partial charge on any atom is 0.338 e. The summed E-state index contributed by atoms with van der Waals surface area (Å²) in [7, 11) is 0. The third-order valence-corrected chi connectivity index (χ3v) is 3.57. The minimum Gasteiger partial charge on any atom is -0.490 e. The summed E-state index contributed by atoms with van der Waals surface area (Å²) in [6, 6.07) is 7.15. The Kier molecular flexibility index (Phi) is 5.76. The second-order valence-corrected chi connectivity index (χ2v) is 5.37. The van der Waals surface area contributed by atoms with Gasteiger partial charge in [0.1, 0.15) is 12.4 Å². The van der Waals surface area contributed by atoms with E-state index in [1.807, 2.05) is 31.2 Å². The fourth-order valence-electron chi connectivity index (χ4n) is 2.33. The second-order valence-electron chi connectivity index (χ2n) is 4.96. The first kappa shape index (κ1) is 17.0. The lowest BCUT2D eigenvalue weighted by Crippen LogP contribution is -2.45. The Morgan fingerprint density at radius 3 is 2.70 bits per heavy atom. The molecule has 2 rings (SSSR count). The largest absolute Gasteiger partial charge is 0.490 e. The van der Waals surface area contributed by atoms with Gasteiger partial charge in [0.15, 0.2) is 5.11 Å². The molecular formula is C17H20N2O3S. The third kappa shape index (κ3) is 4.10. The summed E-state index contributed by atoms with van der Waals surface area (Å²) in [6.07, 6.45) is 1.69. The average molecular weight is 332 g/mol. The van der Waals surface area contributed by atoms with Gasteiger partial charge in [0.25, 0.3) is 0 Å². The highest BCUT2D eigenvalue weighted by Crippen LogP contribution is 2.28. The van der Waals surface area contributed by atoms with Crippen LogP contribution in [-0.2, 0) is 9.53 Å². The van der Waals surface area contributed by atoms with E-state index in [1.165, 1.54) is 0 Å². The summed E-state index contributed by atoms with van der Waals surface area (Å²) < 4.78 is 10.6. The predicted octanol–water partition coefficient (Wildman–Crippen LogP) is 2.61. The highest BCUT2D eigenvalue weighted by Gasteiger charge is 2.30. The smallest absolute Gasteiger partial charge is 0.338 e. The van der Waals surface area contributed by atoms with Gasteiger partial charge >= 0.3 is 5.97 Å². The third-order valence-electron chi connectivity index (χ3n) is 3.35. The molecule has 1 heterocycles. The van der Waals surface area contributed by atoms with Gasteiger partial charge in [-0.25, -0.2) is 4.79 Å². The zero-order chi connectivity index (χ0) is 16.8. The van der Waals surface area contributed by atoms with E-state index in [9.17, 15) is 4.79 Å². The number of carbonyl (C=O) groups is 1. The van der Waals surface area contributed by atoms with E-state index in [0.29, 0.717) is 29.6 Å². The van der Waals surface area contributed by atoms with Crippen molar-refractivity contribution in [3.8, 4) is 5.75 Å². The number of rotatable bonds is 6. The Morgan fingerprint density at radius 2 is 2.09 bits per heavy atom. The molecule has 6 heteroatoms. The number of ether oxygens (including phenoxy) is 2. The molecule has 23 heavy (non-hydrogen) atoms. The molecule has 1 aromatic rings. The molecule has 0 amide bonds. The summed E-state index contributed by atoms with van der Waals surface area (Å²) in [6.45, 7) is 7.98. The van der Waals surface area contributed by atoms with Crippen molar-refractivity contribution in [3.05, 3.63) is 53.8 Å². The molecule has 0 unspecified atom stereocenters. The van der Waals surface area contributed by atoms with Crippen molar-refractivity contribution >= 4 is 23.3 Å². The van der Waals surface area contributed by atoms with E-state index in [2.05, 4.69) is 17.2 Å². The first-order valence-corrected chi connectivity index (χ1v) is 7.76. The number of thiocarbonyl (C=S) groups is 1. The van der Waals surface area contributed by atoms with E-state index in [4.69, 9.17) is 21.7 Å². The van der Waals surface area contributed by atoms with Crippen molar-refractivity contribution in [1.29, 1.82) is 0 Å². The first-order valence-electron chi connectivity index (χ1n) is 7.35. The van der Waals surface area contributed by atoms with Gasteiger partial charge in [0, 0.05) is 5.70 Å². The minimum absolute atomic E-state index is 0.321. The maximum atomic E-state index is 12.3. The zero-order valence-electron chi connectivity index (χ0n) is 13.2.